The third kappa shape index (κ3) is 3.32. The monoisotopic (exact) mass is 442 g/mol. The van der Waals surface area contributed by atoms with Crippen molar-refractivity contribution in [1.29, 1.82) is 0 Å². The standard InChI is InChI=1S/C30H50O2/c1-20(2)10-9-16-30(8,32)22-13-18-28(6)21(22)11-12-24-27(5)17-15-25(31)26(3,4)23(27)14-19-29(24,28)7/h10,21-24,32H,9,11-19H2,1-8H3/t21-,22?,23+,24-,27+,28-,29-,30+/m1/s1. The summed E-state index contributed by atoms with van der Waals surface area (Å²) >= 11 is 0. The SMILES string of the molecule is CC(C)=CCC[C@](C)(O)C1CC[C@]2(C)[C@@H]1CC[C@@H]1[C@@]3(C)CCC(=O)C(C)(C)[C@@H]3CC[C@]12C. The molecule has 182 valence electrons. The van der Waals surface area contributed by atoms with Crippen molar-refractivity contribution in [2.45, 2.75) is 125 Å². The highest BCUT2D eigenvalue weighted by Gasteiger charge is 2.69. The summed E-state index contributed by atoms with van der Waals surface area (Å²) in [6.07, 6.45) is 13.5. The summed E-state index contributed by atoms with van der Waals surface area (Å²) in [5.74, 6) is 2.78. The molecule has 4 aliphatic rings. The Morgan fingerprint density at radius 2 is 1.62 bits per heavy atom. The van der Waals surface area contributed by atoms with Crippen molar-refractivity contribution in [3.8, 4) is 0 Å². The van der Waals surface area contributed by atoms with Crippen LogP contribution in [0.15, 0.2) is 11.6 Å². The zero-order valence-corrected chi connectivity index (χ0v) is 22.3. The molecule has 0 aromatic rings. The predicted molar refractivity (Wildman–Crippen MR) is 133 cm³/mol. The number of hydrogen-bond acceptors (Lipinski definition) is 2. The van der Waals surface area contributed by atoms with E-state index in [1.807, 2.05) is 0 Å². The van der Waals surface area contributed by atoms with E-state index in [1.54, 1.807) is 0 Å². The summed E-state index contributed by atoms with van der Waals surface area (Å²) in [6, 6.07) is 0. The fourth-order valence-corrected chi connectivity index (χ4v) is 10.1. The van der Waals surface area contributed by atoms with Gasteiger partial charge in [0.1, 0.15) is 5.78 Å². The molecule has 0 heterocycles. The maximum Gasteiger partial charge on any atom is 0.138 e. The van der Waals surface area contributed by atoms with Gasteiger partial charge in [-0.2, -0.15) is 0 Å². The molecule has 4 saturated carbocycles. The van der Waals surface area contributed by atoms with Crippen molar-refractivity contribution in [1.82, 2.24) is 0 Å². The fourth-order valence-electron chi connectivity index (χ4n) is 10.1. The Morgan fingerprint density at radius 3 is 2.28 bits per heavy atom. The predicted octanol–water partition coefficient (Wildman–Crippen LogP) is 7.74. The second-order valence-electron chi connectivity index (χ2n) is 14.1. The number of fused-ring (bicyclic) bond motifs is 5. The zero-order chi connectivity index (χ0) is 23.7. The summed E-state index contributed by atoms with van der Waals surface area (Å²) in [5.41, 5.74) is 1.52. The van der Waals surface area contributed by atoms with Crippen LogP contribution in [0.25, 0.3) is 0 Å². The number of rotatable bonds is 4. The van der Waals surface area contributed by atoms with E-state index in [0.717, 1.165) is 25.7 Å². The number of carbonyl (C=O) groups is 1. The van der Waals surface area contributed by atoms with Crippen molar-refractivity contribution in [2.75, 3.05) is 0 Å². The Bertz CT molecular complexity index is 787. The minimum Gasteiger partial charge on any atom is -0.390 e. The molecule has 2 heteroatoms. The van der Waals surface area contributed by atoms with Gasteiger partial charge in [-0.25, -0.2) is 0 Å². The van der Waals surface area contributed by atoms with Crippen LogP contribution in [0.3, 0.4) is 0 Å². The lowest BCUT2D eigenvalue weighted by atomic mass is 9.35. The van der Waals surface area contributed by atoms with Crippen LogP contribution < -0.4 is 0 Å². The zero-order valence-electron chi connectivity index (χ0n) is 22.3. The Hall–Kier alpha value is -0.630. The first-order chi connectivity index (χ1) is 14.7. The van der Waals surface area contributed by atoms with Crippen LogP contribution >= 0.6 is 0 Å². The van der Waals surface area contributed by atoms with Gasteiger partial charge in [-0.05, 0) is 118 Å². The molecular weight excluding hydrogens is 392 g/mol. The van der Waals surface area contributed by atoms with Gasteiger partial charge in [-0.1, -0.05) is 46.3 Å². The van der Waals surface area contributed by atoms with Gasteiger partial charge in [0.25, 0.3) is 0 Å². The van der Waals surface area contributed by atoms with E-state index in [2.05, 4.69) is 61.5 Å². The maximum atomic E-state index is 12.8. The molecule has 0 aliphatic heterocycles. The van der Waals surface area contributed by atoms with E-state index in [4.69, 9.17) is 0 Å². The highest BCUT2D eigenvalue weighted by molar-refractivity contribution is 5.85. The van der Waals surface area contributed by atoms with Crippen LogP contribution in [0, 0.1) is 45.3 Å². The molecule has 0 amide bonds. The van der Waals surface area contributed by atoms with Gasteiger partial charge in [0.05, 0.1) is 5.60 Å². The fraction of sp³-hybridized carbons (Fsp3) is 0.900. The summed E-state index contributed by atoms with van der Waals surface area (Å²) < 4.78 is 0. The Labute approximate surface area is 198 Å². The third-order valence-corrected chi connectivity index (χ3v) is 12.1. The summed E-state index contributed by atoms with van der Waals surface area (Å²) in [4.78, 5) is 12.8. The third-order valence-electron chi connectivity index (χ3n) is 12.1. The lowest BCUT2D eigenvalue weighted by Crippen LogP contribution is -2.63. The minimum absolute atomic E-state index is 0.168. The molecular formula is C30H50O2. The van der Waals surface area contributed by atoms with Gasteiger partial charge >= 0.3 is 0 Å². The molecule has 2 nitrogen and oxygen atoms in total. The first-order valence-electron chi connectivity index (χ1n) is 13.6. The molecule has 8 atom stereocenters. The van der Waals surface area contributed by atoms with E-state index in [0.29, 0.717) is 40.3 Å². The van der Waals surface area contributed by atoms with E-state index >= 15 is 0 Å². The first-order valence-corrected chi connectivity index (χ1v) is 13.6. The van der Waals surface area contributed by atoms with Crippen LogP contribution in [0.1, 0.15) is 120 Å². The average molecular weight is 443 g/mol. The normalized spacial score (nSPS) is 47.1. The Kier molecular flexibility index (Phi) is 5.89. The minimum atomic E-state index is -0.572. The summed E-state index contributed by atoms with van der Waals surface area (Å²) in [7, 11) is 0. The van der Waals surface area contributed by atoms with E-state index < -0.39 is 5.60 Å². The number of allylic oxidation sites excluding steroid dienone is 2. The number of carbonyl (C=O) groups excluding carboxylic acids is 1. The Balaban J connectivity index is 1.62. The van der Waals surface area contributed by atoms with Crippen LogP contribution in [0.5, 0.6) is 0 Å². The quantitative estimate of drug-likeness (QED) is 0.452. The lowest BCUT2D eigenvalue weighted by Gasteiger charge is -2.69. The molecule has 4 rings (SSSR count). The summed E-state index contributed by atoms with van der Waals surface area (Å²) in [6.45, 7) is 18.7. The molecule has 1 unspecified atom stereocenters. The van der Waals surface area contributed by atoms with Gasteiger partial charge in [0, 0.05) is 11.8 Å². The molecule has 32 heavy (non-hydrogen) atoms. The number of aliphatic hydroxyl groups is 1. The van der Waals surface area contributed by atoms with Gasteiger partial charge in [-0.15, -0.1) is 0 Å². The number of ketones is 1. The molecule has 1 N–H and O–H groups in total. The molecule has 0 spiro atoms. The van der Waals surface area contributed by atoms with Crippen LogP contribution in [-0.4, -0.2) is 16.5 Å². The summed E-state index contributed by atoms with van der Waals surface area (Å²) in [5, 5.41) is 11.6. The highest BCUT2D eigenvalue weighted by atomic mass is 16.3. The molecule has 0 bridgehead atoms. The van der Waals surface area contributed by atoms with E-state index in [1.165, 1.54) is 44.1 Å². The maximum absolute atomic E-state index is 12.8. The van der Waals surface area contributed by atoms with Crippen LogP contribution in [-0.2, 0) is 4.79 Å². The van der Waals surface area contributed by atoms with Crippen molar-refractivity contribution < 1.29 is 9.90 Å². The molecule has 0 aromatic carbocycles. The lowest BCUT2D eigenvalue weighted by molar-refractivity contribution is -0.207. The highest BCUT2D eigenvalue weighted by Crippen LogP contribution is 2.75. The van der Waals surface area contributed by atoms with Crippen molar-refractivity contribution in [3.05, 3.63) is 11.6 Å². The van der Waals surface area contributed by atoms with Crippen LogP contribution in [0.4, 0.5) is 0 Å². The molecule has 0 saturated heterocycles. The average Bonchev–Trinajstić information content (AvgIpc) is 3.04. The molecule has 4 aliphatic carbocycles. The smallest absolute Gasteiger partial charge is 0.138 e. The van der Waals surface area contributed by atoms with Crippen molar-refractivity contribution in [3.63, 3.8) is 0 Å². The van der Waals surface area contributed by atoms with Gasteiger partial charge in [-0.3, -0.25) is 4.79 Å². The first kappa shape index (κ1) is 24.5. The number of hydrogen-bond donors (Lipinski definition) is 1. The van der Waals surface area contributed by atoms with E-state index in [-0.39, 0.29) is 10.8 Å². The molecule has 0 radical (unpaired) electrons. The van der Waals surface area contributed by atoms with Gasteiger partial charge in [0.2, 0.25) is 0 Å². The Morgan fingerprint density at radius 1 is 0.969 bits per heavy atom. The van der Waals surface area contributed by atoms with Gasteiger partial charge < -0.3 is 5.11 Å². The number of Topliss-reactive ketones (excluding diaryl/α,β-unsaturated/α-hetero) is 1. The largest absolute Gasteiger partial charge is 0.390 e. The van der Waals surface area contributed by atoms with Crippen molar-refractivity contribution in [2.24, 2.45) is 45.3 Å². The molecule has 4 fully saturated rings. The van der Waals surface area contributed by atoms with Crippen molar-refractivity contribution >= 4 is 5.78 Å². The van der Waals surface area contributed by atoms with Crippen LogP contribution in [0.2, 0.25) is 0 Å². The van der Waals surface area contributed by atoms with Gasteiger partial charge in [0.15, 0.2) is 0 Å². The second-order valence-corrected chi connectivity index (χ2v) is 14.1. The molecule has 0 aromatic heterocycles. The van der Waals surface area contributed by atoms with E-state index in [9.17, 15) is 9.90 Å². The topological polar surface area (TPSA) is 37.3 Å². The second kappa shape index (κ2) is 7.69.